The van der Waals surface area contributed by atoms with Crippen molar-refractivity contribution in [2.45, 2.75) is 65.3 Å². The summed E-state index contributed by atoms with van der Waals surface area (Å²) in [6.45, 7) is 7.28. The SMILES string of the molecule is CCCCCCC(C)NC(=O)c1cc(NCCC)ccn1. The molecule has 0 radical (unpaired) electrons. The fourth-order valence-electron chi connectivity index (χ4n) is 2.18. The van der Waals surface area contributed by atoms with Crippen LogP contribution in [0.5, 0.6) is 0 Å². The number of pyridine rings is 1. The summed E-state index contributed by atoms with van der Waals surface area (Å²) in [5.74, 6) is -0.0851. The maximum absolute atomic E-state index is 12.2. The normalized spacial score (nSPS) is 12.0. The van der Waals surface area contributed by atoms with Crippen molar-refractivity contribution in [1.29, 1.82) is 0 Å². The van der Waals surface area contributed by atoms with Crippen molar-refractivity contribution in [2.75, 3.05) is 11.9 Å². The van der Waals surface area contributed by atoms with E-state index in [1.165, 1.54) is 25.7 Å². The summed E-state index contributed by atoms with van der Waals surface area (Å²) in [4.78, 5) is 16.3. The molecular weight excluding hydrogens is 262 g/mol. The molecule has 1 aromatic heterocycles. The maximum atomic E-state index is 12.2. The first kappa shape index (κ1) is 17.5. The lowest BCUT2D eigenvalue weighted by molar-refractivity contribution is 0.0933. The molecule has 4 heteroatoms. The first-order valence-electron chi connectivity index (χ1n) is 8.18. The largest absolute Gasteiger partial charge is 0.385 e. The zero-order valence-electron chi connectivity index (χ0n) is 13.6. The molecule has 118 valence electrons. The lowest BCUT2D eigenvalue weighted by atomic mass is 10.1. The molecule has 1 amide bonds. The molecule has 0 aliphatic heterocycles. The molecule has 1 aromatic rings. The van der Waals surface area contributed by atoms with Crippen LogP contribution < -0.4 is 10.6 Å². The Morgan fingerprint density at radius 3 is 2.76 bits per heavy atom. The van der Waals surface area contributed by atoms with E-state index >= 15 is 0 Å². The van der Waals surface area contributed by atoms with E-state index in [-0.39, 0.29) is 11.9 Å². The topological polar surface area (TPSA) is 54.0 Å². The number of hydrogen-bond donors (Lipinski definition) is 2. The number of hydrogen-bond acceptors (Lipinski definition) is 3. The van der Waals surface area contributed by atoms with E-state index < -0.39 is 0 Å². The number of nitrogens with zero attached hydrogens (tertiary/aromatic N) is 1. The van der Waals surface area contributed by atoms with E-state index in [0.717, 1.165) is 25.1 Å². The van der Waals surface area contributed by atoms with Crippen molar-refractivity contribution < 1.29 is 4.79 Å². The molecule has 0 fully saturated rings. The molecule has 0 aliphatic carbocycles. The minimum absolute atomic E-state index is 0.0851. The van der Waals surface area contributed by atoms with Crippen molar-refractivity contribution in [2.24, 2.45) is 0 Å². The van der Waals surface area contributed by atoms with Gasteiger partial charge in [-0.15, -0.1) is 0 Å². The summed E-state index contributed by atoms with van der Waals surface area (Å²) in [7, 11) is 0. The molecule has 0 aromatic carbocycles. The van der Waals surface area contributed by atoms with Gasteiger partial charge in [-0.2, -0.15) is 0 Å². The minimum atomic E-state index is -0.0851. The van der Waals surface area contributed by atoms with Crippen molar-refractivity contribution in [3.05, 3.63) is 24.0 Å². The van der Waals surface area contributed by atoms with Crippen LogP contribution in [0.25, 0.3) is 0 Å². The predicted octanol–water partition coefficient (Wildman–Crippen LogP) is 3.99. The first-order chi connectivity index (χ1) is 10.2. The van der Waals surface area contributed by atoms with Gasteiger partial charge in [0.2, 0.25) is 0 Å². The number of carbonyl (C=O) groups excluding carboxylic acids is 1. The van der Waals surface area contributed by atoms with Gasteiger partial charge in [0.15, 0.2) is 0 Å². The van der Waals surface area contributed by atoms with Crippen LogP contribution in [0.4, 0.5) is 5.69 Å². The lowest BCUT2D eigenvalue weighted by Crippen LogP contribution is -2.33. The zero-order chi connectivity index (χ0) is 15.5. The van der Waals surface area contributed by atoms with Crippen LogP contribution in [-0.2, 0) is 0 Å². The number of unbranched alkanes of at least 4 members (excludes halogenated alkanes) is 3. The highest BCUT2D eigenvalue weighted by molar-refractivity contribution is 5.93. The quantitative estimate of drug-likeness (QED) is 0.641. The van der Waals surface area contributed by atoms with Gasteiger partial charge in [0.05, 0.1) is 0 Å². The second-order valence-electron chi connectivity index (χ2n) is 5.58. The molecule has 1 rings (SSSR count). The summed E-state index contributed by atoms with van der Waals surface area (Å²) in [5, 5.41) is 6.30. The Kier molecular flexibility index (Phi) is 8.48. The van der Waals surface area contributed by atoms with E-state index in [9.17, 15) is 4.79 Å². The third kappa shape index (κ3) is 7.11. The Balaban J connectivity index is 2.43. The summed E-state index contributed by atoms with van der Waals surface area (Å²) in [6, 6.07) is 3.90. The Morgan fingerprint density at radius 1 is 1.24 bits per heavy atom. The highest BCUT2D eigenvalue weighted by atomic mass is 16.1. The van der Waals surface area contributed by atoms with Crippen LogP contribution in [0.15, 0.2) is 18.3 Å². The summed E-state index contributed by atoms with van der Waals surface area (Å²) < 4.78 is 0. The second kappa shape index (κ2) is 10.2. The summed E-state index contributed by atoms with van der Waals surface area (Å²) >= 11 is 0. The number of carbonyl (C=O) groups is 1. The number of amides is 1. The van der Waals surface area contributed by atoms with Gasteiger partial charge in [-0.3, -0.25) is 9.78 Å². The van der Waals surface area contributed by atoms with Crippen LogP contribution >= 0.6 is 0 Å². The van der Waals surface area contributed by atoms with Gasteiger partial charge in [-0.05, 0) is 31.9 Å². The fraction of sp³-hybridized carbons (Fsp3) is 0.647. The highest BCUT2D eigenvalue weighted by Crippen LogP contribution is 2.09. The maximum Gasteiger partial charge on any atom is 0.270 e. The van der Waals surface area contributed by atoms with Crippen LogP contribution in [0.2, 0.25) is 0 Å². The molecule has 0 bridgehead atoms. The standard InChI is InChI=1S/C17H29N3O/c1-4-6-7-8-9-14(3)20-17(21)16-13-15(10-12-19-16)18-11-5-2/h10,12-14H,4-9,11H2,1-3H3,(H,18,19)(H,20,21). The van der Waals surface area contributed by atoms with E-state index in [1.807, 2.05) is 12.1 Å². The monoisotopic (exact) mass is 291 g/mol. The average Bonchev–Trinajstić information content (AvgIpc) is 2.50. The molecule has 0 saturated carbocycles. The highest BCUT2D eigenvalue weighted by Gasteiger charge is 2.11. The van der Waals surface area contributed by atoms with Gasteiger partial charge >= 0.3 is 0 Å². The van der Waals surface area contributed by atoms with Gasteiger partial charge < -0.3 is 10.6 Å². The molecule has 1 heterocycles. The minimum Gasteiger partial charge on any atom is -0.385 e. The molecule has 0 spiro atoms. The van der Waals surface area contributed by atoms with Gasteiger partial charge in [0, 0.05) is 24.5 Å². The Labute approximate surface area is 128 Å². The summed E-state index contributed by atoms with van der Waals surface area (Å²) in [6.07, 6.45) is 8.68. The molecule has 4 nitrogen and oxygen atoms in total. The van der Waals surface area contributed by atoms with Gasteiger partial charge in [0.25, 0.3) is 5.91 Å². The van der Waals surface area contributed by atoms with E-state index in [2.05, 4.69) is 36.4 Å². The van der Waals surface area contributed by atoms with Crippen LogP contribution in [-0.4, -0.2) is 23.5 Å². The molecule has 2 N–H and O–H groups in total. The Bertz CT molecular complexity index is 420. The molecule has 0 saturated heterocycles. The smallest absolute Gasteiger partial charge is 0.270 e. The first-order valence-corrected chi connectivity index (χ1v) is 8.18. The predicted molar refractivity (Wildman–Crippen MR) is 88.7 cm³/mol. The van der Waals surface area contributed by atoms with Crippen molar-refractivity contribution in [3.63, 3.8) is 0 Å². The zero-order valence-corrected chi connectivity index (χ0v) is 13.6. The van der Waals surface area contributed by atoms with Crippen molar-refractivity contribution >= 4 is 11.6 Å². The third-order valence-corrected chi connectivity index (χ3v) is 3.44. The Morgan fingerprint density at radius 2 is 2.05 bits per heavy atom. The lowest BCUT2D eigenvalue weighted by Gasteiger charge is -2.14. The summed E-state index contributed by atoms with van der Waals surface area (Å²) in [5.41, 5.74) is 1.43. The van der Waals surface area contributed by atoms with Crippen LogP contribution in [0, 0.1) is 0 Å². The molecule has 21 heavy (non-hydrogen) atoms. The van der Waals surface area contributed by atoms with Crippen LogP contribution in [0.1, 0.15) is 69.8 Å². The van der Waals surface area contributed by atoms with E-state index in [1.54, 1.807) is 6.20 Å². The number of anilines is 1. The fourth-order valence-corrected chi connectivity index (χ4v) is 2.18. The Hall–Kier alpha value is -1.58. The van der Waals surface area contributed by atoms with Crippen molar-refractivity contribution in [3.8, 4) is 0 Å². The number of rotatable bonds is 10. The average molecular weight is 291 g/mol. The van der Waals surface area contributed by atoms with Crippen molar-refractivity contribution in [1.82, 2.24) is 10.3 Å². The molecular formula is C17H29N3O. The number of nitrogens with one attached hydrogen (secondary N) is 2. The van der Waals surface area contributed by atoms with E-state index in [4.69, 9.17) is 0 Å². The molecule has 1 atom stereocenters. The second-order valence-corrected chi connectivity index (χ2v) is 5.58. The molecule has 0 aliphatic rings. The van der Waals surface area contributed by atoms with Gasteiger partial charge in [-0.25, -0.2) is 0 Å². The van der Waals surface area contributed by atoms with E-state index in [0.29, 0.717) is 5.69 Å². The molecule has 1 unspecified atom stereocenters. The van der Waals surface area contributed by atoms with Gasteiger partial charge in [0.1, 0.15) is 5.69 Å². The van der Waals surface area contributed by atoms with Gasteiger partial charge in [-0.1, -0.05) is 39.5 Å². The van der Waals surface area contributed by atoms with Crippen LogP contribution in [0.3, 0.4) is 0 Å². The number of aromatic nitrogens is 1. The third-order valence-electron chi connectivity index (χ3n) is 3.44.